The molecule has 1 heterocycles. The molecule has 1 aliphatic carbocycles. The van der Waals surface area contributed by atoms with Crippen LogP contribution in [-0.2, 0) is 12.8 Å². The molecule has 2 rings (SSSR count). The van der Waals surface area contributed by atoms with Crippen molar-refractivity contribution in [3.05, 3.63) is 20.9 Å². The first-order valence-corrected chi connectivity index (χ1v) is 5.79. The maximum Gasteiger partial charge on any atom is 0.170 e. The minimum absolute atomic E-state index is 0.155. The molecular weight excluding hydrogens is 212 g/mol. The maximum atomic E-state index is 11.3. The number of hydrogen-bond donors (Lipinski definition) is 0. The van der Waals surface area contributed by atoms with Crippen LogP contribution in [0.2, 0.25) is 0 Å². The van der Waals surface area contributed by atoms with Crippen LogP contribution in [0.3, 0.4) is 0 Å². The van der Waals surface area contributed by atoms with Crippen molar-refractivity contribution in [3.63, 3.8) is 0 Å². The summed E-state index contributed by atoms with van der Waals surface area (Å²) in [5, 5.41) is 11.0. The first-order valence-electron chi connectivity index (χ1n) is 4.98. The number of hydrogen-bond acceptors (Lipinski definition) is 4. The van der Waals surface area contributed by atoms with E-state index in [1.165, 1.54) is 18.3 Å². The molecule has 3 nitrogen and oxygen atoms in total. The molecule has 1 aromatic heterocycles. The molecule has 0 aromatic carbocycles. The minimum atomic E-state index is -1.21. The quantitative estimate of drug-likeness (QED) is 0.708. The van der Waals surface area contributed by atoms with Crippen LogP contribution in [0, 0.1) is 0 Å². The van der Waals surface area contributed by atoms with E-state index >= 15 is 0 Å². The molecule has 0 saturated carbocycles. The zero-order valence-corrected chi connectivity index (χ0v) is 9.28. The van der Waals surface area contributed by atoms with Gasteiger partial charge in [0.15, 0.2) is 5.78 Å². The van der Waals surface area contributed by atoms with Crippen LogP contribution in [-0.4, -0.2) is 11.8 Å². The van der Waals surface area contributed by atoms with Gasteiger partial charge >= 0.3 is 0 Å². The Balaban J connectivity index is 2.61. The van der Waals surface area contributed by atoms with E-state index in [1.807, 2.05) is 0 Å². The van der Waals surface area contributed by atoms with E-state index in [4.69, 9.17) is 0 Å². The number of Topliss-reactive ketones (excluding diaryl/α,β-unsaturated/α-hetero) is 1. The highest BCUT2D eigenvalue weighted by Crippen LogP contribution is 2.34. The van der Waals surface area contributed by atoms with Crippen LogP contribution >= 0.6 is 11.3 Å². The number of carboxylic acids is 1. The van der Waals surface area contributed by atoms with Crippen molar-refractivity contribution < 1.29 is 14.7 Å². The Hall–Kier alpha value is -1.16. The third-order valence-corrected chi connectivity index (χ3v) is 4.09. The summed E-state index contributed by atoms with van der Waals surface area (Å²) in [6, 6.07) is 0. The van der Waals surface area contributed by atoms with Gasteiger partial charge in [0, 0.05) is 10.4 Å². The van der Waals surface area contributed by atoms with Gasteiger partial charge in [-0.2, -0.15) is 0 Å². The molecule has 0 radical (unpaired) electrons. The van der Waals surface area contributed by atoms with E-state index in [0.717, 1.165) is 36.1 Å². The Morgan fingerprint density at radius 2 is 1.93 bits per heavy atom. The maximum absolute atomic E-state index is 11.3. The van der Waals surface area contributed by atoms with Gasteiger partial charge in [0.2, 0.25) is 0 Å². The van der Waals surface area contributed by atoms with E-state index in [9.17, 15) is 14.7 Å². The number of rotatable bonds is 2. The highest BCUT2D eigenvalue weighted by Gasteiger charge is 2.22. The third-order valence-electron chi connectivity index (χ3n) is 2.70. The Morgan fingerprint density at radius 1 is 1.27 bits per heavy atom. The van der Waals surface area contributed by atoms with Crippen LogP contribution in [0.5, 0.6) is 0 Å². The fourth-order valence-corrected chi connectivity index (χ4v) is 3.30. The lowest BCUT2D eigenvalue weighted by atomic mass is 9.94. The van der Waals surface area contributed by atoms with Gasteiger partial charge in [-0.1, -0.05) is 0 Å². The van der Waals surface area contributed by atoms with Gasteiger partial charge in [-0.25, -0.2) is 0 Å². The average Bonchev–Trinajstić information content (AvgIpc) is 2.56. The van der Waals surface area contributed by atoms with Crippen molar-refractivity contribution >= 4 is 23.1 Å². The zero-order valence-electron chi connectivity index (χ0n) is 8.46. The summed E-state index contributed by atoms with van der Waals surface area (Å²) >= 11 is 1.33. The summed E-state index contributed by atoms with van der Waals surface area (Å²) < 4.78 is 0. The second-order valence-electron chi connectivity index (χ2n) is 3.76. The van der Waals surface area contributed by atoms with E-state index in [2.05, 4.69) is 0 Å². The summed E-state index contributed by atoms with van der Waals surface area (Å²) in [5.74, 6) is -1.38. The first-order chi connectivity index (χ1) is 7.11. The van der Waals surface area contributed by atoms with Crippen molar-refractivity contribution in [1.82, 2.24) is 0 Å². The Morgan fingerprint density at radius 3 is 2.53 bits per heavy atom. The number of carbonyl (C=O) groups is 2. The van der Waals surface area contributed by atoms with Crippen molar-refractivity contribution in [3.8, 4) is 0 Å². The van der Waals surface area contributed by atoms with Crippen LogP contribution in [0.4, 0.5) is 0 Å². The molecular formula is C11H11O3S-. The number of ketones is 1. The monoisotopic (exact) mass is 223 g/mol. The fourth-order valence-electron chi connectivity index (χ4n) is 2.03. The van der Waals surface area contributed by atoms with Crippen molar-refractivity contribution in [1.29, 1.82) is 0 Å². The van der Waals surface area contributed by atoms with Gasteiger partial charge < -0.3 is 9.90 Å². The van der Waals surface area contributed by atoms with Crippen LogP contribution in [0.25, 0.3) is 0 Å². The summed E-state index contributed by atoms with van der Waals surface area (Å²) in [6.45, 7) is 1.41. The predicted octanol–water partition coefficient (Wildman–Crippen LogP) is 1.19. The average molecular weight is 223 g/mol. The zero-order chi connectivity index (χ0) is 11.0. The normalized spacial score (nSPS) is 14.7. The molecule has 0 saturated heterocycles. The molecule has 0 N–H and O–H groups in total. The molecule has 0 atom stereocenters. The number of fused-ring (bicyclic) bond motifs is 1. The number of aryl methyl sites for hydroxylation is 1. The summed E-state index contributed by atoms with van der Waals surface area (Å²) in [5.41, 5.74) is 0.999. The lowest BCUT2D eigenvalue weighted by Crippen LogP contribution is -2.25. The van der Waals surface area contributed by atoms with E-state index in [1.54, 1.807) is 0 Å². The Kier molecular flexibility index (Phi) is 2.61. The second kappa shape index (κ2) is 3.77. The van der Waals surface area contributed by atoms with Crippen molar-refractivity contribution in [2.45, 2.75) is 32.6 Å². The molecule has 80 valence electrons. The molecule has 1 aliphatic rings. The van der Waals surface area contributed by atoms with Crippen LogP contribution < -0.4 is 5.11 Å². The lowest BCUT2D eigenvalue weighted by Gasteiger charge is -2.13. The van der Waals surface area contributed by atoms with Crippen LogP contribution in [0.15, 0.2) is 0 Å². The highest BCUT2D eigenvalue weighted by molar-refractivity contribution is 7.14. The SMILES string of the molecule is CC(=O)c1sc2c(c1C(=O)[O-])CCCC2. The van der Waals surface area contributed by atoms with E-state index < -0.39 is 5.97 Å². The van der Waals surface area contributed by atoms with E-state index in [0.29, 0.717) is 4.88 Å². The minimum Gasteiger partial charge on any atom is -0.545 e. The number of carboxylic acid groups (broad SMARTS) is 1. The van der Waals surface area contributed by atoms with Gasteiger partial charge in [0.05, 0.1) is 10.8 Å². The summed E-state index contributed by atoms with van der Waals surface area (Å²) in [6.07, 6.45) is 3.74. The number of thiophene rings is 1. The molecule has 0 spiro atoms. The van der Waals surface area contributed by atoms with Gasteiger partial charge in [-0.15, -0.1) is 11.3 Å². The second-order valence-corrected chi connectivity index (χ2v) is 4.86. The molecule has 0 fully saturated rings. The molecule has 1 aromatic rings. The molecule has 0 bridgehead atoms. The summed E-state index contributed by atoms with van der Waals surface area (Å²) in [7, 11) is 0. The fraction of sp³-hybridized carbons (Fsp3) is 0.455. The van der Waals surface area contributed by atoms with Gasteiger partial charge in [-0.3, -0.25) is 4.79 Å². The van der Waals surface area contributed by atoms with Crippen molar-refractivity contribution in [2.24, 2.45) is 0 Å². The molecule has 15 heavy (non-hydrogen) atoms. The standard InChI is InChI=1S/C11H12O3S/c1-6(12)10-9(11(13)14)7-4-2-3-5-8(7)15-10/h2-5H2,1H3,(H,13,14)/p-1. The van der Waals surface area contributed by atoms with E-state index in [-0.39, 0.29) is 11.3 Å². The summed E-state index contributed by atoms with van der Waals surface area (Å²) in [4.78, 5) is 23.7. The Bertz CT molecular complexity index is 431. The number of carbonyl (C=O) groups excluding carboxylic acids is 2. The van der Waals surface area contributed by atoms with Crippen LogP contribution in [0.1, 0.15) is 50.2 Å². The van der Waals surface area contributed by atoms with Gasteiger partial charge in [0.1, 0.15) is 0 Å². The van der Waals surface area contributed by atoms with Gasteiger partial charge in [-0.05, 0) is 38.2 Å². The van der Waals surface area contributed by atoms with Gasteiger partial charge in [0.25, 0.3) is 0 Å². The molecule has 4 heteroatoms. The third kappa shape index (κ3) is 1.69. The smallest absolute Gasteiger partial charge is 0.170 e. The molecule has 0 unspecified atom stereocenters. The first kappa shape index (κ1) is 10.4. The lowest BCUT2D eigenvalue weighted by molar-refractivity contribution is -0.255. The Labute approximate surface area is 91.7 Å². The topological polar surface area (TPSA) is 57.2 Å². The van der Waals surface area contributed by atoms with Crippen molar-refractivity contribution in [2.75, 3.05) is 0 Å². The molecule has 0 aliphatic heterocycles. The largest absolute Gasteiger partial charge is 0.545 e. The predicted molar refractivity (Wildman–Crippen MR) is 55.3 cm³/mol. The number of aromatic carboxylic acids is 1. The molecule has 0 amide bonds. The highest BCUT2D eigenvalue weighted by atomic mass is 32.1.